The fourth-order valence-corrected chi connectivity index (χ4v) is 5.18. The fraction of sp³-hybridized carbons (Fsp3) is 0.478. The predicted octanol–water partition coefficient (Wildman–Crippen LogP) is 4.31. The van der Waals surface area contributed by atoms with Gasteiger partial charge in [0.2, 0.25) is 0 Å². The van der Waals surface area contributed by atoms with Crippen molar-refractivity contribution in [2.75, 3.05) is 11.4 Å². The molecule has 1 unspecified atom stereocenters. The van der Waals surface area contributed by atoms with E-state index in [1.165, 1.54) is 44.1 Å². The van der Waals surface area contributed by atoms with Gasteiger partial charge in [0.25, 0.3) is 0 Å². The van der Waals surface area contributed by atoms with Crippen molar-refractivity contribution in [3.63, 3.8) is 0 Å². The number of fused-ring (bicyclic) bond motifs is 1. The summed E-state index contributed by atoms with van der Waals surface area (Å²) in [4.78, 5) is 12.0. The Labute approximate surface area is 170 Å². The Kier molecular flexibility index (Phi) is 3.53. The molecular weight excluding hydrogens is 360 g/mol. The van der Waals surface area contributed by atoms with Crippen LogP contribution in [0.2, 0.25) is 0 Å². The third-order valence-corrected chi connectivity index (χ3v) is 6.96. The molecule has 6 heteroatoms. The van der Waals surface area contributed by atoms with E-state index in [1.807, 2.05) is 10.6 Å². The molecule has 0 bridgehead atoms. The summed E-state index contributed by atoms with van der Waals surface area (Å²) in [5.41, 5.74) is 5.16. The van der Waals surface area contributed by atoms with Crippen molar-refractivity contribution < 1.29 is 0 Å². The second-order valence-corrected chi connectivity index (χ2v) is 9.12. The zero-order valence-electron chi connectivity index (χ0n) is 16.7. The van der Waals surface area contributed by atoms with Crippen LogP contribution in [0.3, 0.4) is 0 Å². The average Bonchev–Trinajstić information content (AvgIpc) is 3.68. The molecule has 1 atom stereocenters. The highest BCUT2D eigenvalue weighted by Crippen LogP contribution is 2.53. The highest BCUT2D eigenvalue weighted by atomic mass is 15.3. The lowest BCUT2D eigenvalue weighted by Crippen LogP contribution is -2.45. The van der Waals surface area contributed by atoms with Gasteiger partial charge in [0, 0.05) is 18.3 Å². The molecule has 3 fully saturated rings. The maximum Gasteiger partial charge on any atom is 0.157 e. The van der Waals surface area contributed by atoms with Crippen LogP contribution >= 0.6 is 0 Å². The van der Waals surface area contributed by atoms with E-state index in [2.05, 4.69) is 34.0 Å². The topological polar surface area (TPSA) is 70.1 Å². The van der Waals surface area contributed by atoms with Crippen LogP contribution in [0.15, 0.2) is 30.7 Å². The molecule has 0 N–H and O–H groups in total. The third-order valence-electron chi connectivity index (χ3n) is 6.96. The first-order valence-electron chi connectivity index (χ1n) is 10.7. The van der Waals surface area contributed by atoms with E-state index in [0.717, 1.165) is 35.2 Å². The zero-order valence-corrected chi connectivity index (χ0v) is 16.7. The molecule has 146 valence electrons. The number of nitriles is 1. The molecule has 3 aromatic rings. The van der Waals surface area contributed by atoms with Crippen LogP contribution in [0.1, 0.15) is 62.5 Å². The van der Waals surface area contributed by atoms with Gasteiger partial charge in [-0.05, 0) is 74.1 Å². The summed E-state index contributed by atoms with van der Waals surface area (Å²) in [5, 5.41) is 13.9. The van der Waals surface area contributed by atoms with Gasteiger partial charge in [-0.15, -0.1) is 0 Å². The Balaban J connectivity index is 1.55. The van der Waals surface area contributed by atoms with Gasteiger partial charge in [0.05, 0.1) is 23.0 Å². The minimum Gasteiger partial charge on any atom is -0.349 e. The van der Waals surface area contributed by atoms with Crippen LogP contribution in [0.5, 0.6) is 0 Å². The molecular formula is C23H24N6. The van der Waals surface area contributed by atoms with Crippen LogP contribution in [-0.2, 0) is 0 Å². The molecule has 6 rings (SSSR count). The molecule has 3 aromatic heterocycles. The van der Waals surface area contributed by atoms with Gasteiger partial charge >= 0.3 is 0 Å². The molecule has 6 nitrogen and oxygen atoms in total. The monoisotopic (exact) mass is 384 g/mol. The van der Waals surface area contributed by atoms with Crippen molar-refractivity contribution in [2.24, 2.45) is 5.92 Å². The Morgan fingerprint density at radius 1 is 1.17 bits per heavy atom. The minimum atomic E-state index is 0.302. The van der Waals surface area contributed by atoms with E-state index in [0.29, 0.717) is 17.0 Å². The number of piperidine rings is 1. The maximum atomic E-state index is 9.31. The van der Waals surface area contributed by atoms with Crippen LogP contribution < -0.4 is 4.90 Å². The van der Waals surface area contributed by atoms with Gasteiger partial charge in [-0.1, -0.05) is 6.92 Å². The minimum absolute atomic E-state index is 0.302. The summed E-state index contributed by atoms with van der Waals surface area (Å²) >= 11 is 0. The SMILES string of the molecule is CC1CCN(c2ncnn3c(-c4cc(C#N)ccn4)cc(C4CC4)c23)C2(CC2)C1. The van der Waals surface area contributed by atoms with E-state index in [-0.39, 0.29) is 0 Å². The lowest BCUT2D eigenvalue weighted by atomic mass is 9.90. The molecule has 3 aliphatic rings. The summed E-state index contributed by atoms with van der Waals surface area (Å²) in [6, 6.07) is 8.06. The number of aromatic nitrogens is 4. The number of pyridine rings is 1. The van der Waals surface area contributed by atoms with Crippen molar-refractivity contribution >= 4 is 11.3 Å². The normalized spacial score (nSPS) is 22.8. The van der Waals surface area contributed by atoms with Crippen molar-refractivity contribution in [3.05, 3.63) is 41.9 Å². The first-order valence-corrected chi connectivity index (χ1v) is 10.7. The predicted molar refractivity (Wildman–Crippen MR) is 111 cm³/mol. The summed E-state index contributed by atoms with van der Waals surface area (Å²) in [5.74, 6) is 2.46. The second-order valence-electron chi connectivity index (χ2n) is 9.12. The third kappa shape index (κ3) is 2.64. The van der Waals surface area contributed by atoms with Crippen LogP contribution in [0.25, 0.3) is 16.9 Å². The number of nitrogens with zero attached hydrogens (tertiary/aromatic N) is 6. The van der Waals surface area contributed by atoms with E-state index in [9.17, 15) is 5.26 Å². The first kappa shape index (κ1) is 17.0. The lowest BCUT2D eigenvalue weighted by molar-refractivity contribution is 0.348. The van der Waals surface area contributed by atoms with E-state index in [4.69, 9.17) is 4.98 Å². The maximum absolute atomic E-state index is 9.31. The number of rotatable bonds is 3. The van der Waals surface area contributed by atoms with Crippen LogP contribution in [-0.4, -0.2) is 31.7 Å². The summed E-state index contributed by atoms with van der Waals surface area (Å²) in [6.45, 7) is 3.45. The Morgan fingerprint density at radius 2 is 2.03 bits per heavy atom. The van der Waals surface area contributed by atoms with Crippen LogP contribution in [0, 0.1) is 17.2 Å². The Bertz CT molecular complexity index is 1150. The molecule has 0 aromatic carbocycles. The largest absolute Gasteiger partial charge is 0.349 e. The number of hydrogen-bond donors (Lipinski definition) is 0. The van der Waals surface area contributed by atoms with Gasteiger partial charge in [-0.3, -0.25) is 4.98 Å². The quantitative estimate of drug-likeness (QED) is 0.673. The number of hydrogen-bond acceptors (Lipinski definition) is 5. The standard InChI is InChI=1S/C23H24N6/c1-15-5-9-28(23(12-15)6-7-23)22-21-18(17-2-3-17)11-20(29(21)27-14-26-22)19-10-16(13-24)4-8-25-19/h4,8,10-11,14-15,17H,2-3,5-7,9,12H2,1H3. The van der Waals surface area contributed by atoms with Gasteiger partial charge in [-0.25, -0.2) is 9.50 Å². The summed E-state index contributed by atoms with van der Waals surface area (Å²) in [7, 11) is 0. The fourth-order valence-electron chi connectivity index (χ4n) is 5.18. The first-order chi connectivity index (χ1) is 14.2. The molecule has 4 heterocycles. The molecule has 2 aliphatic carbocycles. The summed E-state index contributed by atoms with van der Waals surface area (Å²) in [6.07, 6.45) is 10.9. The molecule has 29 heavy (non-hydrogen) atoms. The lowest BCUT2D eigenvalue weighted by Gasteiger charge is -2.40. The van der Waals surface area contributed by atoms with Gasteiger partial charge < -0.3 is 4.90 Å². The second kappa shape index (κ2) is 6.03. The van der Waals surface area contributed by atoms with Crippen molar-refractivity contribution in [1.82, 2.24) is 19.6 Å². The van der Waals surface area contributed by atoms with E-state index < -0.39 is 0 Å². The molecule has 0 amide bonds. The van der Waals surface area contributed by atoms with E-state index >= 15 is 0 Å². The van der Waals surface area contributed by atoms with Gasteiger partial charge in [-0.2, -0.15) is 10.4 Å². The molecule has 0 radical (unpaired) electrons. The molecule has 1 saturated heterocycles. The van der Waals surface area contributed by atoms with Gasteiger partial charge in [0.1, 0.15) is 11.8 Å². The molecule has 2 saturated carbocycles. The summed E-state index contributed by atoms with van der Waals surface area (Å²) < 4.78 is 2.02. The number of anilines is 1. The van der Waals surface area contributed by atoms with E-state index in [1.54, 1.807) is 18.6 Å². The highest BCUT2D eigenvalue weighted by molar-refractivity contribution is 5.81. The molecule has 1 spiro atoms. The zero-order chi connectivity index (χ0) is 19.6. The smallest absolute Gasteiger partial charge is 0.157 e. The van der Waals surface area contributed by atoms with Gasteiger partial charge in [0.15, 0.2) is 5.82 Å². The molecule has 1 aliphatic heterocycles. The van der Waals surface area contributed by atoms with Crippen LogP contribution in [0.4, 0.5) is 5.82 Å². The highest BCUT2D eigenvalue weighted by Gasteiger charge is 2.52. The Morgan fingerprint density at radius 3 is 2.79 bits per heavy atom. The van der Waals surface area contributed by atoms with Crippen molar-refractivity contribution in [1.29, 1.82) is 5.26 Å². The van der Waals surface area contributed by atoms with Crippen molar-refractivity contribution in [3.8, 4) is 17.5 Å². The van der Waals surface area contributed by atoms with Crippen molar-refractivity contribution in [2.45, 2.75) is 56.9 Å². The average molecular weight is 384 g/mol. The Hall–Kier alpha value is -2.94.